The predicted octanol–water partition coefficient (Wildman–Crippen LogP) is -9.75. The molecular formula is C24H42O21. The molecule has 0 aromatic rings. The van der Waals surface area contributed by atoms with Crippen LogP contribution in [0.2, 0.25) is 0 Å². The van der Waals surface area contributed by atoms with Crippen LogP contribution in [-0.4, -0.2) is 221 Å². The summed E-state index contributed by atoms with van der Waals surface area (Å²) >= 11 is 0. The molecule has 20 atom stereocenters. The van der Waals surface area contributed by atoms with Gasteiger partial charge in [0, 0.05) is 0 Å². The van der Waals surface area contributed by atoms with Crippen molar-refractivity contribution in [2.45, 2.75) is 123 Å². The summed E-state index contributed by atoms with van der Waals surface area (Å²) < 4.78 is 37.7. The van der Waals surface area contributed by atoms with Gasteiger partial charge in [0.25, 0.3) is 0 Å². The zero-order valence-corrected chi connectivity index (χ0v) is 23.5. The van der Waals surface area contributed by atoms with Crippen LogP contribution in [0, 0.1) is 0 Å². The lowest BCUT2D eigenvalue weighted by molar-refractivity contribution is -0.373. The monoisotopic (exact) mass is 666 g/mol. The molecule has 21 nitrogen and oxygen atoms in total. The van der Waals surface area contributed by atoms with E-state index in [1.807, 2.05) is 0 Å². The molecule has 14 N–H and O–H groups in total. The maximum atomic E-state index is 10.7. The van der Waals surface area contributed by atoms with Crippen LogP contribution >= 0.6 is 0 Å². The summed E-state index contributed by atoms with van der Waals surface area (Å²) in [5.74, 6) is 0. The first-order chi connectivity index (χ1) is 21.2. The highest BCUT2D eigenvalue weighted by Gasteiger charge is 2.52. The minimum Gasteiger partial charge on any atom is -0.394 e. The normalized spacial score (nSPS) is 52.9. The summed E-state index contributed by atoms with van der Waals surface area (Å²) in [4.78, 5) is 0. The van der Waals surface area contributed by atoms with Gasteiger partial charge >= 0.3 is 0 Å². The van der Waals surface area contributed by atoms with Crippen molar-refractivity contribution in [1.29, 1.82) is 0 Å². The lowest BCUT2D eigenvalue weighted by atomic mass is 9.97. The van der Waals surface area contributed by atoms with Gasteiger partial charge in [-0.1, -0.05) is 0 Å². The standard InChI is InChI=1S/C24H42O21/c25-1-5-9(27)14(32)19(37)23(42-5)45-20-16(34)10(28)6(2-26)43-24(20)40-4-8-12(30)15(33)18(36)22(44-8)39-3-7-11(29)13(31)17(35)21(38)41-7/h5-38H,1-4H2/t5-,6-,7-,8-,9-,10-,11-,12-,13+,14+,15+,16+,17+,18+,19+,20+,21?,22+,23-,24+/m1/s1. The highest BCUT2D eigenvalue weighted by atomic mass is 16.8. The molecule has 21 heteroatoms. The van der Waals surface area contributed by atoms with E-state index in [4.69, 9.17) is 33.2 Å². The van der Waals surface area contributed by atoms with Crippen LogP contribution in [0.4, 0.5) is 0 Å². The van der Waals surface area contributed by atoms with Gasteiger partial charge in [0.15, 0.2) is 25.2 Å². The van der Waals surface area contributed by atoms with E-state index in [1.165, 1.54) is 0 Å². The highest BCUT2D eigenvalue weighted by molar-refractivity contribution is 4.95. The molecule has 264 valence electrons. The van der Waals surface area contributed by atoms with Gasteiger partial charge in [0.2, 0.25) is 0 Å². The van der Waals surface area contributed by atoms with Crippen LogP contribution in [0.1, 0.15) is 0 Å². The van der Waals surface area contributed by atoms with Crippen molar-refractivity contribution in [3.8, 4) is 0 Å². The van der Waals surface area contributed by atoms with Crippen LogP contribution in [0.25, 0.3) is 0 Å². The molecule has 4 rings (SSSR count). The van der Waals surface area contributed by atoms with E-state index in [0.717, 1.165) is 0 Å². The van der Waals surface area contributed by atoms with E-state index in [2.05, 4.69) is 0 Å². The first-order valence-corrected chi connectivity index (χ1v) is 14.1. The molecule has 4 saturated heterocycles. The van der Waals surface area contributed by atoms with E-state index in [-0.39, 0.29) is 0 Å². The Kier molecular flexibility index (Phi) is 12.8. The van der Waals surface area contributed by atoms with Gasteiger partial charge in [0.1, 0.15) is 97.7 Å². The number of ether oxygens (including phenoxy) is 7. The Hall–Kier alpha value is -0.840. The number of hydrogen-bond donors (Lipinski definition) is 14. The summed E-state index contributed by atoms with van der Waals surface area (Å²) in [5.41, 5.74) is 0. The molecule has 4 fully saturated rings. The van der Waals surface area contributed by atoms with Gasteiger partial charge in [-0.05, 0) is 0 Å². The van der Waals surface area contributed by atoms with E-state index in [1.54, 1.807) is 0 Å². The molecule has 0 amide bonds. The summed E-state index contributed by atoms with van der Waals surface area (Å²) in [7, 11) is 0. The second kappa shape index (κ2) is 15.6. The third-order valence-electron chi connectivity index (χ3n) is 8.17. The van der Waals surface area contributed by atoms with Crippen LogP contribution in [-0.2, 0) is 33.2 Å². The molecule has 45 heavy (non-hydrogen) atoms. The Morgan fingerprint density at radius 1 is 0.378 bits per heavy atom. The predicted molar refractivity (Wildman–Crippen MR) is 134 cm³/mol. The van der Waals surface area contributed by atoms with E-state index < -0.39 is 149 Å². The third kappa shape index (κ3) is 7.75. The first kappa shape index (κ1) is 37.0. The Bertz CT molecular complexity index is 916. The lowest BCUT2D eigenvalue weighted by Gasteiger charge is -2.46. The van der Waals surface area contributed by atoms with E-state index >= 15 is 0 Å². The Labute approximate surface area is 254 Å². The number of aliphatic hydroxyl groups is 14. The largest absolute Gasteiger partial charge is 0.394 e. The Morgan fingerprint density at radius 2 is 0.778 bits per heavy atom. The molecule has 0 spiro atoms. The molecule has 4 heterocycles. The maximum Gasteiger partial charge on any atom is 0.187 e. The minimum atomic E-state index is -1.92. The number of aliphatic hydroxyl groups excluding tert-OH is 14. The Balaban J connectivity index is 1.43. The number of hydrogen-bond acceptors (Lipinski definition) is 21. The number of rotatable bonds is 10. The zero-order chi connectivity index (χ0) is 33.3. The average molecular weight is 667 g/mol. The molecular weight excluding hydrogens is 624 g/mol. The average Bonchev–Trinajstić information content (AvgIpc) is 3.03. The van der Waals surface area contributed by atoms with Gasteiger partial charge < -0.3 is 105 Å². The van der Waals surface area contributed by atoms with Gasteiger partial charge in [-0.15, -0.1) is 0 Å². The van der Waals surface area contributed by atoms with E-state index in [9.17, 15) is 71.5 Å². The van der Waals surface area contributed by atoms with Gasteiger partial charge in [0.05, 0.1) is 26.4 Å². The molecule has 4 aliphatic heterocycles. The topological polar surface area (TPSA) is 348 Å². The molecule has 0 aromatic heterocycles. The maximum absolute atomic E-state index is 10.7. The smallest absolute Gasteiger partial charge is 0.187 e. The van der Waals surface area contributed by atoms with Crippen LogP contribution in [0.3, 0.4) is 0 Å². The summed E-state index contributed by atoms with van der Waals surface area (Å²) in [6, 6.07) is 0. The SMILES string of the molecule is OC[C@H]1O[C@H](O[C@@H]2[C@@H](OC[C@H]3O[C@H](OC[C@H]4OC(O)[C@@H](O)[C@@H](O)[C@@H]4O)[C@@H](O)[C@@H](O)[C@@H]3O)O[C@H](CO)[C@@H](O)[C@@H]2O)[C@@H](O)[C@@H](O)[C@@H]1O. The van der Waals surface area contributed by atoms with E-state index in [0.29, 0.717) is 0 Å². The summed E-state index contributed by atoms with van der Waals surface area (Å²) in [6.07, 6.45) is -34.8. The first-order valence-electron chi connectivity index (χ1n) is 14.1. The third-order valence-corrected chi connectivity index (χ3v) is 8.17. The van der Waals surface area contributed by atoms with Crippen molar-refractivity contribution in [2.75, 3.05) is 26.4 Å². The van der Waals surface area contributed by atoms with Crippen LogP contribution in [0.5, 0.6) is 0 Å². The van der Waals surface area contributed by atoms with Gasteiger partial charge in [-0.25, -0.2) is 0 Å². The second-order valence-electron chi connectivity index (χ2n) is 11.2. The molecule has 1 unspecified atom stereocenters. The Morgan fingerprint density at radius 3 is 1.33 bits per heavy atom. The van der Waals surface area contributed by atoms with Crippen molar-refractivity contribution in [1.82, 2.24) is 0 Å². The molecule has 4 aliphatic rings. The fraction of sp³-hybridized carbons (Fsp3) is 1.00. The zero-order valence-electron chi connectivity index (χ0n) is 23.5. The molecule has 0 bridgehead atoms. The minimum absolute atomic E-state index is 0.650. The van der Waals surface area contributed by atoms with Crippen LogP contribution in [0.15, 0.2) is 0 Å². The molecule has 0 saturated carbocycles. The van der Waals surface area contributed by atoms with Crippen molar-refractivity contribution < 1.29 is 105 Å². The molecule has 0 aliphatic carbocycles. The second-order valence-corrected chi connectivity index (χ2v) is 11.2. The highest BCUT2D eigenvalue weighted by Crippen LogP contribution is 2.31. The fourth-order valence-electron chi connectivity index (χ4n) is 5.31. The van der Waals surface area contributed by atoms with Gasteiger partial charge in [-0.2, -0.15) is 0 Å². The molecule has 0 aromatic carbocycles. The van der Waals surface area contributed by atoms with Crippen LogP contribution < -0.4 is 0 Å². The lowest BCUT2D eigenvalue weighted by Crippen LogP contribution is -2.65. The van der Waals surface area contributed by atoms with Gasteiger partial charge in [-0.3, -0.25) is 0 Å². The quantitative estimate of drug-likeness (QED) is 0.103. The van der Waals surface area contributed by atoms with Crippen molar-refractivity contribution in [3.05, 3.63) is 0 Å². The van der Waals surface area contributed by atoms with Crippen molar-refractivity contribution in [3.63, 3.8) is 0 Å². The molecule has 0 radical (unpaired) electrons. The fourth-order valence-corrected chi connectivity index (χ4v) is 5.31. The van der Waals surface area contributed by atoms with Crippen molar-refractivity contribution >= 4 is 0 Å². The van der Waals surface area contributed by atoms with Crippen molar-refractivity contribution in [2.24, 2.45) is 0 Å². The summed E-state index contributed by atoms with van der Waals surface area (Å²) in [6.45, 7) is -2.98. The summed E-state index contributed by atoms with van der Waals surface area (Å²) in [5, 5.41) is 141.